The smallest absolute Gasteiger partial charge is 0.125 e. The first kappa shape index (κ1) is 7.90. The Morgan fingerprint density at radius 2 is 2.27 bits per heavy atom. The highest BCUT2D eigenvalue weighted by Gasteiger charge is 2.62. The Bertz CT molecular complexity index is 210. The van der Waals surface area contributed by atoms with Crippen molar-refractivity contribution in [2.75, 3.05) is 6.61 Å². The van der Waals surface area contributed by atoms with Gasteiger partial charge in [-0.25, -0.2) is 0 Å². The summed E-state index contributed by atoms with van der Waals surface area (Å²) in [6, 6.07) is 0. The Hall–Kier alpha value is 0.280. The fourth-order valence-electron chi connectivity index (χ4n) is 1.85. The number of halogens is 2. The molecule has 62 valence electrons. The minimum Gasteiger partial charge on any atom is -0.392 e. The SMILES string of the molecule is OCC1=CCC2C(C1)C2(Cl)Cl. The van der Waals surface area contributed by atoms with Crippen molar-refractivity contribution in [3.05, 3.63) is 11.6 Å². The van der Waals surface area contributed by atoms with E-state index in [1.165, 1.54) is 0 Å². The molecule has 0 bridgehead atoms. The molecule has 3 heteroatoms. The molecule has 2 unspecified atom stereocenters. The summed E-state index contributed by atoms with van der Waals surface area (Å²) in [6.45, 7) is 0.160. The zero-order valence-electron chi connectivity index (χ0n) is 6.06. The Labute approximate surface area is 76.0 Å². The maximum absolute atomic E-state index is 8.84. The van der Waals surface area contributed by atoms with Crippen LogP contribution in [0, 0.1) is 11.8 Å². The van der Waals surface area contributed by atoms with Crippen molar-refractivity contribution in [2.24, 2.45) is 11.8 Å². The van der Waals surface area contributed by atoms with Gasteiger partial charge in [-0.05, 0) is 18.4 Å². The van der Waals surface area contributed by atoms with E-state index < -0.39 is 4.33 Å². The molecule has 0 amide bonds. The minimum absolute atomic E-state index is 0.160. The third kappa shape index (κ3) is 1.10. The average molecular weight is 193 g/mol. The van der Waals surface area contributed by atoms with Gasteiger partial charge in [0.05, 0.1) is 6.61 Å². The maximum atomic E-state index is 8.84. The lowest BCUT2D eigenvalue weighted by atomic mass is 10.0. The van der Waals surface area contributed by atoms with Crippen molar-refractivity contribution in [1.29, 1.82) is 0 Å². The summed E-state index contributed by atoms with van der Waals surface area (Å²) in [6.07, 6.45) is 3.88. The van der Waals surface area contributed by atoms with Crippen LogP contribution in [0.2, 0.25) is 0 Å². The molecule has 1 fully saturated rings. The lowest BCUT2D eigenvalue weighted by molar-refractivity contribution is 0.321. The van der Waals surface area contributed by atoms with Crippen molar-refractivity contribution in [1.82, 2.24) is 0 Å². The van der Waals surface area contributed by atoms with Gasteiger partial charge in [0.1, 0.15) is 4.33 Å². The molecule has 0 spiro atoms. The maximum Gasteiger partial charge on any atom is 0.125 e. The van der Waals surface area contributed by atoms with Crippen LogP contribution < -0.4 is 0 Å². The topological polar surface area (TPSA) is 20.2 Å². The second-order valence-electron chi connectivity index (χ2n) is 3.35. The zero-order valence-corrected chi connectivity index (χ0v) is 7.57. The van der Waals surface area contributed by atoms with Crippen LogP contribution in [0.5, 0.6) is 0 Å². The van der Waals surface area contributed by atoms with Gasteiger partial charge < -0.3 is 5.11 Å². The second kappa shape index (κ2) is 2.38. The van der Waals surface area contributed by atoms with Gasteiger partial charge in [0.2, 0.25) is 0 Å². The average Bonchev–Trinajstić information content (AvgIpc) is 2.55. The lowest BCUT2D eigenvalue weighted by Gasteiger charge is -2.06. The van der Waals surface area contributed by atoms with E-state index in [-0.39, 0.29) is 6.61 Å². The number of alkyl halides is 2. The Morgan fingerprint density at radius 1 is 1.55 bits per heavy atom. The van der Waals surface area contributed by atoms with E-state index in [4.69, 9.17) is 28.3 Å². The van der Waals surface area contributed by atoms with E-state index in [2.05, 4.69) is 6.08 Å². The van der Waals surface area contributed by atoms with Gasteiger partial charge in [0.25, 0.3) is 0 Å². The molecule has 0 aliphatic heterocycles. The predicted octanol–water partition coefficient (Wildman–Crippen LogP) is 2.12. The van der Waals surface area contributed by atoms with Gasteiger partial charge >= 0.3 is 0 Å². The number of aliphatic hydroxyl groups is 1. The molecule has 0 saturated heterocycles. The highest BCUT2D eigenvalue weighted by atomic mass is 35.5. The molecule has 0 aromatic heterocycles. The standard InChI is InChI=1S/C8H10Cl2O/c9-8(10)6-2-1-5(4-11)3-7(6)8/h1,6-7,11H,2-4H2. The van der Waals surface area contributed by atoms with Crippen LogP contribution in [0.4, 0.5) is 0 Å². The molecule has 11 heavy (non-hydrogen) atoms. The van der Waals surface area contributed by atoms with E-state index >= 15 is 0 Å². The number of hydrogen-bond acceptors (Lipinski definition) is 1. The van der Waals surface area contributed by atoms with Gasteiger partial charge in [-0.3, -0.25) is 0 Å². The van der Waals surface area contributed by atoms with Crippen LogP contribution in [0.25, 0.3) is 0 Å². The minimum atomic E-state index is -0.493. The van der Waals surface area contributed by atoms with Gasteiger partial charge in [-0.1, -0.05) is 6.08 Å². The van der Waals surface area contributed by atoms with Gasteiger partial charge in [0.15, 0.2) is 0 Å². The summed E-state index contributed by atoms with van der Waals surface area (Å²) in [5.74, 6) is 0.846. The fraction of sp³-hybridized carbons (Fsp3) is 0.750. The number of aliphatic hydroxyl groups excluding tert-OH is 1. The first-order valence-corrected chi connectivity index (χ1v) is 4.58. The largest absolute Gasteiger partial charge is 0.392 e. The van der Waals surface area contributed by atoms with E-state index in [1.807, 2.05) is 0 Å². The summed E-state index contributed by atoms with van der Waals surface area (Å²) in [5.41, 5.74) is 1.09. The van der Waals surface area contributed by atoms with Crippen LogP contribution in [-0.4, -0.2) is 16.0 Å². The molecule has 2 atom stereocenters. The van der Waals surface area contributed by atoms with Crippen LogP contribution in [0.15, 0.2) is 11.6 Å². The summed E-state index contributed by atoms with van der Waals surface area (Å²) in [7, 11) is 0. The Kier molecular flexibility index (Phi) is 1.71. The molecule has 0 heterocycles. The Morgan fingerprint density at radius 3 is 2.82 bits per heavy atom. The summed E-state index contributed by atoms with van der Waals surface area (Å²) in [4.78, 5) is 0. The van der Waals surface area contributed by atoms with Crippen molar-refractivity contribution in [3.63, 3.8) is 0 Å². The second-order valence-corrected chi connectivity index (χ2v) is 4.79. The normalized spacial score (nSPS) is 39.4. The number of allylic oxidation sites excluding steroid dienone is 1. The van der Waals surface area contributed by atoms with Crippen molar-refractivity contribution < 1.29 is 5.11 Å². The number of rotatable bonds is 1. The molecule has 0 radical (unpaired) electrons. The summed E-state index contributed by atoms with van der Waals surface area (Å²) >= 11 is 12.0. The summed E-state index contributed by atoms with van der Waals surface area (Å²) in [5, 5.41) is 8.84. The van der Waals surface area contributed by atoms with E-state index in [0.29, 0.717) is 11.8 Å². The Balaban J connectivity index is 2.06. The highest BCUT2D eigenvalue weighted by molar-refractivity contribution is 6.51. The summed E-state index contributed by atoms with van der Waals surface area (Å²) < 4.78 is -0.493. The molecule has 1 N–H and O–H groups in total. The van der Waals surface area contributed by atoms with E-state index in [0.717, 1.165) is 18.4 Å². The molecule has 2 aliphatic carbocycles. The lowest BCUT2D eigenvalue weighted by Crippen LogP contribution is -1.98. The molecule has 1 nitrogen and oxygen atoms in total. The van der Waals surface area contributed by atoms with Crippen LogP contribution in [0.1, 0.15) is 12.8 Å². The van der Waals surface area contributed by atoms with Crippen molar-refractivity contribution >= 4 is 23.2 Å². The third-order valence-corrected chi connectivity index (χ3v) is 3.83. The predicted molar refractivity (Wildman–Crippen MR) is 45.8 cm³/mol. The monoisotopic (exact) mass is 192 g/mol. The highest BCUT2D eigenvalue weighted by Crippen LogP contribution is 2.64. The molecule has 1 saturated carbocycles. The molecular weight excluding hydrogens is 183 g/mol. The van der Waals surface area contributed by atoms with E-state index in [9.17, 15) is 0 Å². The van der Waals surface area contributed by atoms with Crippen molar-refractivity contribution in [3.8, 4) is 0 Å². The zero-order chi connectivity index (χ0) is 8.06. The third-order valence-electron chi connectivity index (χ3n) is 2.71. The fourth-order valence-corrected chi connectivity index (χ4v) is 2.66. The molecule has 2 aliphatic rings. The molecule has 0 aromatic carbocycles. The first-order chi connectivity index (χ1) is 5.16. The molecule has 2 rings (SSSR count). The van der Waals surface area contributed by atoms with Crippen molar-refractivity contribution in [2.45, 2.75) is 17.2 Å². The van der Waals surface area contributed by atoms with E-state index in [1.54, 1.807) is 0 Å². The number of fused-ring (bicyclic) bond motifs is 1. The quantitative estimate of drug-likeness (QED) is 0.499. The van der Waals surface area contributed by atoms with Crippen LogP contribution in [-0.2, 0) is 0 Å². The molecular formula is C8H10Cl2O. The van der Waals surface area contributed by atoms with Gasteiger partial charge in [0, 0.05) is 11.8 Å². The van der Waals surface area contributed by atoms with Gasteiger partial charge in [-0.15, -0.1) is 23.2 Å². The van der Waals surface area contributed by atoms with Crippen LogP contribution >= 0.6 is 23.2 Å². The molecule has 0 aromatic rings. The number of hydrogen-bond donors (Lipinski definition) is 1. The van der Waals surface area contributed by atoms with Gasteiger partial charge in [-0.2, -0.15) is 0 Å². The van der Waals surface area contributed by atoms with Crippen LogP contribution in [0.3, 0.4) is 0 Å². The first-order valence-electron chi connectivity index (χ1n) is 3.83.